The summed E-state index contributed by atoms with van der Waals surface area (Å²) in [6.07, 6.45) is 11.0. The minimum Gasteiger partial charge on any atom is -0.490 e. The monoisotopic (exact) mass is 406 g/mol. The zero-order chi connectivity index (χ0) is 21.3. The van der Waals surface area contributed by atoms with Crippen LogP contribution in [0.25, 0.3) is 0 Å². The fourth-order valence-corrected chi connectivity index (χ4v) is 2.84. The number of unbranched alkanes of at least 4 members (excludes halogenated alkanes) is 7. The molecular weight excluding hydrogens is 368 g/mol. The van der Waals surface area contributed by atoms with Crippen LogP contribution < -0.4 is 14.2 Å². The summed E-state index contributed by atoms with van der Waals surface area (Å²) in [7, 11) is 0. The molecule has 5 heteroatoms. The summed E-state index contributed by atoms with van der Waals surface area (Å²) in [5.74, 6) is 0.240. The van der Waals surface area contributed by atoms with Gasteiger partial charge in [0.15, 0.2) is 11.5 Å². The van der Waals surface area contributed by atoms with Gasteiger partial charge in [-0.2, -0.15) is 0 Å². The van der Waals surface area contributed by atoms with Crippen molar-refractivity contribution in [2.45, 2.75) is 97.8 Å². The first-order valence-electron chi connectivity index (χ1n) is 11.3. The Morgan fingerprint density at radius 1 is 0.690 bits per heavy atom. The molecule has 5 nitrogen and oxygen atoms in total. The maximum atomic E-state index is 12.2. The van der Waals surface area contributed by atoms with E-state index in [0.717, 1.165) is 38.5 Å². The van der Waals surface area contributed by atoms with Gasteiger partial charge in [0.05, 0.1) is 6.61 Å². The van der Waals surface area contributed by atoms with Gasteiger partial charge < -0.3 is 14.2 Å². The van der Waals surface area contributed by atoms with Crippen molar-refractivity contribution in [2.75, 3.05) is 6.61 Å². The highest BCUT2D eigenvalue weighted by atomic mass is 16.6. The van der Waals surface area contributed by atoms with Gasteiger partial charge in [-0.25, -0.2) is 0 Å². The highest BCUT2D eigenvalue weighted by Crippen LogP contribution is 2.38. The van der Waals surface area contributed by atoms with Crippen LogP contribution in [0.15, 0.2) is 18.2 Å². The molecule has 0 unspecified atom stereocenters. The Bertz CT molecular complexity index is 597. The molecule has 0 saturated heterocycles. The summed E-state index contributed by atoms with van der Waals surface area (Å²) in [5, 5.41) is 0. The molecule has 0 spiro atoms. The number of ether oxygens (including phenoxy) is 3. The molecule has 0 aliphatic carbocycles. The molecule has 0 N–H and O–H groups in total. The molecule has 0 heterocycles. The second-order valence-corrected chi connectivity index (χ2v) is 7.35. The van der Waals surface area contributed by atoms with Crippen LogP contribution >= 0.6 is 0 Å². The lowest BCUT2D eigenvalue weighted by molar-refractivity contribution is -0.137. The van der Waals surface area contributed by atoms with Crippen molar-refractivity contribution in [3.05, 3.63) is 18.2 Å². The number of para-hydroxylation sites is 1. The highest BCUT2D eigenvalue weighted by Gasteiger charge is 2.18. The molecule has 0 bridgehead atoms. The quantitative estimate of drug-likeness (QED) is 0.175. The van der Waals surface area contributed by atoms with Crippen molar-refractivity contribution in [3.8, 4) is 17.2 Å². The molecule has 164 valence electrons. The zero-order valence-electron chi connectivity index (χ0n) is 18.5. The van der Waals surface area contributed by atoms with Crippen molar-refractivity contribution in [2.24, 2.45) is 0 Å². The lowest BCUT2D eigenvalue weighted by atomic mass is 10.1. The average molecular weight is 407 g/mol. The van der Waals surface area contributed by atoms with Gasteiger partial charge in [-0.1, -0.05) is 71.8 Å². The maximum Gasteiger partial charge on any atom is 0.311 e. The third kappa shape index (κ3) is 10.9. The normalized spacial score (nSPS) is 10.6. The van der Waals surface area contributed by atoms with E-state index in [2.05, 4.69) is 6.92 Å². The van der Waals surface area contributed by atoms with Crippen LogP contribution in [0, 0.1) is 0 Å². The van der Waals surface area contributed by atoms with Gasteiger partial charge in [0, 0.05) is 12.8 Å². The summed E-state index contributed by atoms with van der Waals surface area (Å²) >= 11 is 0. The van der Waals surface area contributed by atoms with E-state index in [1.165, 1.54) is 25.7 Å². The summed E-state index contributed by atoms with van der Waals surface area (Å²) < 4.78 is 16.9. The van der Waals surface area contributed by atoms with Crippen LogP contribution in [0.4, 0.5) is 0 Å². The average Bonchev–Trinajstić information content (AvgIpc) is 2.72. The minimum atomic E-state index is -0.340. The molecule has 0 radical (unpaired) electrons. The van der Waals surface area contributed by atoms with E-state index in [1.54, 1.807) is 18.2 Å². The smallest absolute Gasteiger partial charge is 0.311 e. The molecule has 1 aromatic carbocycles. The molecule has 0 aliphatic heterocycles. The highest BCUT2D eigenvalue weighted by molar-refractivity contribution is 5.77. The molecular formula is C24H38O5. The summed E-state index contributed by atoms with van der Waals surface area (Å²) in [6, 6.07) is 5.15. The van der Waals surface area contributed by atoms with Gasteiger partial charge in [-0.3, -0.25) is 9.59 Å². The Hall–Kier alpha value is -2.04. The van der Waals surface area contributed by atoms with Gasteiger partial charge in [0.1, 0.15) is 0 Å². The van der Waals surface area contributed by atoms with Gasteiger partial charge >= 0.3 is 11.9 Å². The molecule has 0 aromatic heterocycles. The third-order valence-electron chi connectivity index (χ3n) is 4.61. The molecule has 0 aliphatic rings. The Morgan fingerprint density at radius 3 is 1.90 bits per heavy atom. The van der Waals surface area contributed by atoms with Crippen molar-refractivity contribution in [1.29, 1.82) is 0 Å². The molecule has 0 amide bonds. The number of benzene rings is 1. The van der Waals surface area contributed by atoms with E-state index < -0.39 is 0 Å². The Labute approximate surface area is 176 Å². The third-order valence-corrected chi connectivity index (χ3v) is 4.61. The van der Waals surface area contributed by atoms with Crippen LogP contribution in [-0.2, 0) is 9.59 Å². The Balaban J connectivity index is 2.77. The largest absolute Gasteiger partial charge is 0.490 e. The zero-order valence-corrected chi connectivity index (χ0v) is 18.5. The number of rotatable bonds is 16. The number of hydrogen-bond donors (Lipinski definition) is 0. The number of esters is 2. The first kappa shape index (κ1) is 25.0. The molecule has 0 fully saturated rings. The predicted octanol–water partition coefficient (Wildman–Crippen LogP) is 6.62. The first-order valence-corrected chi connectivity index (χ1v) is 11.3. The van der Waals surface area contributed by atoms with E-state index in [-0.39, 0.29) is 23.4 Å². The Morgan fingerprint density at radius 2 is 1.24 bits per heavy atom. The standard InChI is InChI=1S/C24H38O5/c1-4-7-10-11-12-13-19-27-20-15-14-16-21(28-22(25)17-8-5-2)24(20)29-23(26)18-9-6-3/h14-16H,4-13,17-19H2,1-3H3. The number of hydrogen-bond acceptors (Lipinski definition) is 5. The molecule has 0 atom stereocenters. The van der Waals surface area contributed by atoms with Crippen molar-refractivity contribution < 1.29 is 23.8 Å². The molecule has 1 rings (SSSR count). The SMILES string of the molecule is CCCCCCCCOc1cccc(OC(=O)CCCC)c1OC(=O)CCCC. The minimum absolute atomic E-state index is 0.212. The van der Waals surface area contributed by atoms with Crippen molar-refractivity contribution in [3.63, 3.8) is 0 Å². The van der Waals surface area contributed by atoms with E-state index in [0.29, 0.717) is 25.2 Å². The fraction of sp³-hybridized carbons (Fsp3) is 0.667. The van der Waals surface area contributed by atoms with Crippen molar-refractivity contribution >= 4 is 11.9 Å². The maximum absolute atomic E-state index is 12.2. The molecule has 1 aromatic rings. The van der Waals surface area contributed by atoms with Crippen molar-refractivity contribution in [1.82, 2.24) is 0 Å². The predicted molar refractivity (Wildman–Crippen MR) is 116 cm³/mol. The van der Waals surface area contributed by atoms with Crippen LogP contribution in [0.5, 0.6) is 17.2 Å². The first-order chi connectivity index (χ1) is 14.1. The second kappa shape index (κ2) is 15.8. The van der Waals surface area contributed by atoms with E-state index in [1.807, 2.05) is 13.8 Å². The van der Waals surface area contributed by atoms with Gasteiger partial charge in [-0.15, -0.1) is 0 Å². The second-order valence-electron chi connectivity index (χ2n) is 7.35. The van der Waals surface area contributed by atoms with Gasteiger partial charge in [-0.05, 0) is 31.4 Å². The van der Waals surface area contributed by atoms with Crippen LogP contribution in [-0.4, -0.2) is 18.5 Å². The topological polar surface area (TPSA) is 61.8 Å². The van der Waals surface area contributed by atoms with Crippen LogP contribution in [0.2, 0.25) is 0 Å². The fourth-order valence-electron chi connectivity index (χ4n) is 2.84. The number of carbonyl (C=O) groups is 2. The summed E-state index contributed by atoms with van der Waals surface area (Å²) in [6.45, 7) is 6.78. The van der Waals surface area contributed by atoms with Crippen LogP contribution in [0.1, 0.15) is 97.8 Å². The van der Waals surface area contributed by atoms with Gasteiger partial charge in [0.25, 0.3) is 0 Å². The summed E-state index contributed by atoms with van der Waals surface area (Å²) in [5.41, 5.74) is 0. The lowest BCUT2D eigenvalue weighted by Crippen LogP contribution is -2.13. The van der Waals surface area contributed by atoms with E-state index in [4.69, 9.17) is 14.2 Å². The molecule has 29 heavy (non-hydrogen) atoms. The van der Waals surface area contributed by atoms with Crippen LogP contribution in [0.3, 0.4) is 0 Å². The van der Waals surface area contributed by atoms with E-state index in [9.17, 15) is 9.59 Å². The summed E-state index contributed by atoms with van der Waals surface area (Å²) in [4.78, 5) is 24.3. The van der Waals surface area contributed by atoms with Gasteiger partial charge in [0.2, 0.25) is 5.75 Å². The molecule has 0 saturated carbocycles. The van der Waals surface area contributed by atoms with E-state index >= 15 is 0 Å². The lowest BCUT2D eigenvalue weighted by Gasteiger charge is -2.15. The Kier molecular flexibility index (Phi) is 13.6. The number of carbonyl (C=O) groups excluding carboxylic acids is 2.